The molecule has 0 radical (unpaired) electrons. The minimum atomic E-state index is -0.0300. The lowest BCUT2D eigenvalue weighted by Crippen LogP contribution is -2.26. The summed E-state index contributed by atoms with van der Waals surface area (Å²) in [5.74, 6) is 0.156. The Morgan fingerprint density at radius 3 is 2.75 bits per heavy atom. The van der Waals surface area contributed by atoms with Crippen molar-refractivity contribution in [2.24, 2.45) is 0 Å². The summed E-state index contributed by atoms with van der Waals surface area (Å²) in [6, 6.07) is 6.93. The quantitative estimate of drug-likeness (QED) is 0.724. The summed E-state index contributed by atoms with van der Waals surface area (Å²) in [5, 5.41) is 12.3. The van der Waals surface area contributed by atoms with Crippen LogP contribution in [0.2, 0.25) is 0 Å². The van der Waals surface area contributed by atoms with E-state index in [-0.39, 0.29) is 18.1 Å². The van der Waals surface area contributed by atoms with Crippen LogP contribution in [0.1, 0.15) is 31.7 Å². The summed E-state index contributed by atoms with van der Waals surface area (Å²) in [5.41, 5.74) is 0.676. The molecule has 0 bridgehead atoms. The SMILES string of the molecule is CCCCCNC(=O)Cc1ccccc1O. The average molecular weight is 221 g/mol. The summed E-state index contributed by atoms with van der Waals surface area (Å²) in [6.07, 6.45) is 3.55. The molecule has 0 fully saturated rings. The summed E-state index contributed by atoms with van der Waals surface area (Å²) in [4.78, 5) is 11.5. The van der Waals surface area contributed by atoms with Crippen LogP contribution < -0.4 is 5.32 Å². The first-order valence-corrected chi connectivity index (χ1v) is 5.77. The maximum atomic E-state index is 11.5. The molecule has 3 nitrogen and oxygen atoms in total. The lowest BCUT2D eigenvalue weighted by Gasteiger charge is -2.06. The monoisotopic (exact) mass is 221 g/mol. The van der Waals surface area contributed by atoms with Crippen molar-refractivity contribution in [1.82, 2.24) is 5.32 Å². The van der Waals surface area contributed by atoms with E-state index >= 15 is 0 Å². The molecule has 3 heteroatoms. The number of benzene rings is 1. The number of phenols is 1. The molecule has 2 N–H and O–H groups in total. The highest BCUT2D eigenvalue weighted by Crippen LogP contribution is 2.15. The van der Waals surface area contributed by atoms with Gasteiger partial charge >= 0.3 is 0 Å². The number of rotatable bonds is 6. The van der Waals surface area contributed by atoms with Gasteiger partial charge in [0.1, 0.15) is 5.75 Å². The number of carbonyl (C=O) groups is 1. The minimum absolute atomic E-state index is 0.0300. The van der Waals surface area contributed by atoms with E-state index in [0.29, 0.717) is 5.56 Å². The fourth-order valence-corrected chi connectivity index (χ4v) is 1.50. The first-order chi connectivity index (χ1) is 7.74. The Hall–Kier alpha value is -1.51. The molecule has 16 heavy (non-hydrogen) atoms. The molecule has 0 unspecified atom stereocenters. The van der Waals surface area contributed by atoms with Gasteiger partial charge in [-0.25, -0.2) is 0 Å². The van der Waals surface area contributed by atoms with Crippen molar-refractivity contribution in [3.63, 3.8) is 0 Å². The van der Waals surface area contributed by atoms with Gasteiger partial charge in [-0.05, 0) is 12.5 Å². The van der Waals surface area contributed by atoms with Crippen LogP contribution in [0.15, 0.2) is 24.3 Å². The van der Waals surface area contributed by atoms with Gasteiger partial charge in [0.15, 0.2) is 0 Å². The number of amides is 1. The molecular formula is C13H19NO2. The fourth-order valence-electron chi connectivity index (χ4n) is 1.50. The zero-order valence-corrected chi connectivity index (χ0v) is 9.70. The smallest absolute Gasteiger partial charge is 0.224 e. The highest BCUT2D eigenvalue weighted by atomic mass is 16.3. The molecule has 88 valence electrons. The third-order valence-corrected chi connectivity index (χ3v) is 2.45. The average Bonchev–Trinajstić information content (AvgIpc) is 2.28. The Balaban J connectivity index is 2.32. The predicted octanol–water partition coefficient (Wildman–Crippen LogP) is 2.24. The maximum absolute atomic E-state index is 11.5. The van der Waals surface area contributed by atoms with Crippen LogP contribution in [0.3, 0.4) is 0 Å². The van der Waals surface area contributed by atoms with Crippen molar-refractivity contribution in [3.05, 3.63) is 29.8 Å². The number of aromatic hydroxyl groups is 1. The van der Waals surface area contributed by atoms with E-state index in [9.17, 15) is 9.90 Å². The molecule has 0 heterocycles. The number of nitrogens with one attached hydrogen (secondary N) is 1. The second kappa shape index (κ2) is 6.88. The largest absolute Gasteiger partial charge is 0.508 e. The van der Waals surface area contributed by atoms with Crippen LogP contribution in [0, 0.1) is 0 Å². The Morgan fingerprint density at radius 1 is 1.31 bits per heavy atom. The molecule has 1 aromatic carbocycles. The lowest BCUT2D eigenvalue weighted by atomic mass is 10.1. The third-order valence-electron chi connectivity index (χ3n) is 2.45. The van der Waals surface area contributed by atoms with Crippen LogP contribution >= 0.6 is 0 Å². The van der Waals surface area contributed by atoms with Crippen LogP contribution in [0.4, 0.5) is 0 Å². The Labute approximate surface area is 96.5 Å². The van der Waals surface area contributed by atoms with Crippen molar-refractivity contribution in [2.75, 3.05) is 6.54 Å². The van der Waals surface area contributed by atoms with Gasteiger partial charge in [-0.2, -0.15) is 0 Å². The number of para-hydroxylation sites is 1. The van der Waals surface area contributed by atoms with E-state index in [1.807, 2.05) is 6.07 Å². The minimum Gasteiger partial charge on any atom is -0.508 e. The molecule has 0 saturated carbocycles. The Morgan fingerprint density at radius 2 is 2.06 bits per heavy atom. The van der Waals surface area contributed by atoms with Crippen LogP contribution in [0.5, 0.6) is 5.75 Å². The van der Waals surface area contributed by atoms with Gasteiger partial charge in [0, 0.05) is 12.1 Å². The van der Waals surface area contributed by atoms with Crippen molar-refractivity contribution >= 4 is 5.91 Å². The van der Waals surface area contributed by atoms with E-state index in [1.165, 1.54) is 0 Å². The third kappa shape index (κ3) is 4.34. The molecule has 1 rings (SSSR count). The number of unbranched alkanes of at least 4 members (excludes halogenated alkanes) is 2. The molecule has 0 saturated heterocycles. The number of hydrogen-bond donors (Lipinski definition) is 2. The van der Waals surface area contributed by atoms with Gasteiger partial charge in [0.2, 0.25) is 5.91 Å². The first-order valence-electron chi connectivity index (χ1n) is 5.77. The molecule has 0 atom stereocenters. The standard InChI is InChI=1S/C13H19NO2/c1-2-3-6-9-14-13(16)10-11-7-4-5-8-12(11)15/h4-5,7-8,15H,2-3,6,9-10H2,1H3,(H,14,16). The topological polar surface area (TPSA) is 49.3 Å². The molecule has 0 aliphatic heterocycles. The van der Waals surface area contributed by atoms with Crippen molar-refractivity contribution < 1.29 is 9.90 Å². The van der Waals surface area contributed by atoms with Crippen LogP contribution in [-0.4, -0.2) is 17.6 Å². The maximum Gasteiger partial charge on any atom is 0.224 e. The molecule has 1 aromatic rings. The fraction of sp³-hybridized carbons (Fsp3) is 0.462. The zero-order valence-electron chi connectivity index (χ0n) is 9.70. The van der Waals surface area contributed by atoms with Crippen LogP contribution in [-0.2, 0) is 11.2 Å². The van der Waals surface area contributed by atoms with Gasteiger partial charge in [-0.1, -0.05) is 38.0 Å². The van der Waals surface area contributed by atoms with Crippen molar-refractivity contribution in [2.45, 2.75) is 32.6 Å². The molecule has 0 spiro atoms. The van der Waals surface area contributed by atoms with Gasteiger partial charge in [0.25, 0.3) is 0 Å². The van der Waals surface area contributed by atoms with Gasteiger partial charge in [0.05, 0.1) is 6.42 Å². The van der Waals surface area contributed by atoms with E-state index in [1.54, 1.807) is 18.2 Å². The highest BCUT2D eigenvalue weighted by Gasteiger charge is 2.05. The summed E-state index contributed by atoms with van der Waals surface area (Å²) >= 11 is 0. The van der Waals surface area contributed by atoms with Crippen LogP contribution in [0.25, 0.3) is 0 Å². The summed E-state index contributed by atoms with van der Waals surface area (Å²) < 4.78 is 0. The second-order valence-corrected chi connectivity index (χ2v) is 3.86. The lowest BCUT2D eigenvalue weighted by molar-refractivity contribution is -0.120. The number of carbonyl (C=O) groups excluding carboxylic acids is 1. The normalized spacial score (nSPS) is 10.1. The summed E-state index contributed by atoms with van der Waals surface area (Å²) in [7, 11) is 0. The number of phenolic OH excluding ortho intramolecular Hbond substituents is 1. The first kappa shape index (κ1) is 12.6. The van der Waals surface area contributed by atoms with E-state index < -0.39 is 0 Å². The van der Waals surface area contributed by atoms with Gasteiger partial charge in [-0.15, -0.1) is 0 Å². The summed E-state index contributed by atoms with van der Waals surface area (Å²) in [6.45, 7) is 2.85. The Bertz CT molecular complexity index is 336. The van der Waals surface area contributed by atoms with Gasteiger partial charge in [-0.3, -0.25) is 4.79 Å². The molecule has 0 aromatic heterocycles. The Kier molecular flexibility index (Phi) is 5.40. The highest BCUT2D eigenvalue weighted by molar-refractivity contribution is 5.79. The van der Waals surface area contributed by atoms with Gasteiger partial charge < -0.3 is 10.4 Å². The number of hydrogen-bond acceptors (Lipinski definition) is 2. The predicted molar refractivity (Wildman–Crippen MR) is 64.3 cm³/mol. The second-order valence-electron chi connectivity index (χ2n) is 3.86. The molecular weight excluding hydrogens is 202 g/mol. The molecule has 0 aliphatic rings. The molecule has 0 aliphatic carbocycles. The van der Waals surface area contributed by atoms with Crippen molar-refractivity contribution in [3.8, 4) is 5.75 Å². The van der Waals surface area contributed by atoms with Crippen molar-refractivity contribution in [1.29, 1.82) is 0 Å². The zero-order chi connectivity index (χ0) is 11.8. The molecule has 1 amide bonds. The van der Waals surface area contributed by atoms with E-state index in [0.717, 1.165) is 25.8 Å². The van der Waals surface area contributed by atoms with E-state index in [2.05, 4.69) is 12.2 Å². The van der Waals surface area contributed by atoms with E-state index in [4.69, 9.17) is 0 Å².